The molecule has 0 rings (SSSR count). The van der Waals surface area contributed by atoms with Crippen LogP contribution in [0.5, 0.6) is 0 Å². The van der Waals surface area contributed by atoms with Gasteiger partial charge in [0.25, 0.3) is 0 Å². The Morgan fingerprint density at radius 1 is 0.900 bits per heavy atom. The molecule has 0 radical (unpaired) electrons. The molecule has 20 heavy (non-hydrogen) atoms. The molecule has 0 spiro atoms. The minimum absolute atomic E-state index is 0.0734. The first-order valence-corrected chi connectivity index (χ1v) is 8.77. The SMILES string of the molecule is CC(C)(C)OCCCS(C)(=O)=O.COCOC(C)(C)C. The van der Waals surface area contributed by atoms with Gasteiger partial charge >= 0.3 is 0 Å². The lowest BCUT2D eigenvalue weighted by molar-refractivity contribution is -0.105. The molecule has 0 fully saturated rings. The number of sulfone groups is 1. The summed E-state index contributed by atoms with van der Waals surface area (Å²) in [6, 6.07) is 0. The molecule has 0 saturated carbocycles. The Balaban J connectivity index is 0. The van der Waals surface area contributed by atoms with Crippen LogP contribution in [-0.4, -0.2) is 52.1 Å². The predicted octanol–water partition coefficient (Wildman–Crippen LogP) is 2.64. The highest BCUT2D eigenvalue weighted by Crippen LogP contribution is 2.07. The first kappa shape index (κ1) is 22.1. The number of ether oxygens (including phenoxy) is 3. The van der Waals surface area contributed by atoms with Crippen molar-refractivity contribution >= 4 is 9.84 Å². The van der Waals surface area contributed by atoms with E-state index in [0.29, 0.717) is 19.8 Å². The van der Waals surface area contributed by atoms with Gasteiger partial charge in [-0.3, -0.25) is 0 Å². The number of hydrogen-bond donors (Lipinski definition) is 0. The van der Waals surface area contributed by atoms with Crippen LogP contribution in [0.1, 0.15) is 48.0 Å². The fourth-order valence-corrected chi connectivity index (χ4v) is 1.58. The van der Waals surface area contributed by atoms with Crippen LogP contribution < -0.4 is 0 Å². The second kappa shape index (κ2) is 9.71. The van der Waals surface area contributed by atoms with E-state index in [1.807, 2.05) is 41.5 Å². The standard InChI is InChI=1S/C8H18O3S.C6H14O2/c1-8(2,3)11-6-5-7-12(4,9)10;1-6(2,3)8-5-7-4/h5-7H2,1-4H3;5H2,1-4H3. The van der Waals surface area contributed by atoms with Crippen LogP contribution in [0.4, 0.5) is 0 Å². The molecule has 0 bridgehead atoms. The number of hydrogen-bond acceptors (Lipinski definition) is 5. The fourth-order valence-electron chi connectivity index (χ4n) is 0.935. The van der Waals surface area contributed by atoms with Crippen molar-refractivity contribution in [1.82, 2.24) is 0 Å². The van der Waals surface area contributed by atoms with E-state index in [0.717, 1.165) is 0 Å². The van der Waals surface area contributed by atoms with Gasteiger partial charge < -0.3 is 14.2 Å². The highest BCUT2D eigenvalue weighted by Gasteiger charge is 2.10. The summed E-state index contributed by atoms with van der Waals surface area (Å²) < 4.78 is 36.6. The Morgan fingerprint density at radius 3 is 1.60 bits per heavy atom. The van der Waals surface area contributed by atoms with Crippen LogP contribution in [0.25, 0.3) is 0 Å². The van der Waals surface area contributed by atoms with Crippen LogP contribution in [0, 0.1) is 0 Å². The molecule has 0 aromatic rings. The molecule has 0 saturated heterocycles. The van der Waals surface area contributed by atoms with E-state index in [1.54, 1.807) is 7.11 Å². The van der Waals surface area contributed by atoms with Gasteiger partial charge in [-0.05, 0) is 48.0 Å². The summed E-state index contributed by atoms with van der Waals surface area (Å²) >= 11 is 0. The van der Waals surface area contributed by atoms with Gasteiger partial charge in [0.1, 0.15) is 16.6 Å². The zero-order chi connectivity index (χ0) is 16.4. The quantitative estimate of drug-likeness (QED) is 0.557. The van der Waals surface area contributed by atoms with Gasteiger partial charge in [-0.1, -0.05) is 0 Å². The van der Waals surface area contributed by atoms with Crippen molar-refractivity contribution in [2.24, 2.45) is 0 Å². The Bertz CT molecular complexity index is 322. The van der Waals surface area contributed by atoms with E-state index in [4.69, 9.17) is 14.2 Å². The number of rotatable bonds is 6. The van der Waals surface area contributed by atoms with Crippen LogP contribution >= 0.6 is 0 Å². The maximum atomic E-state index is 10.7. The molecule has 0 aliphatic carbocycles. The molecule has 0 aliphatic heterocycles. The van der Waals surface area contributed by atoms with Crippen molar-refractivity contribution in [2.75, 3.05) is 32.5 Å². The molecular weight excluding hydrogens is 280 g/mol. The molecule has 0 aromatic heterocycles. The zero-order valence-corrected chi connectivity index (χ0v) is 15.1. The summed E-state index contributed by atoms with van der Waals surface area (Å²) in [7, 11) is -1.21. The Kier molecular flexibility index (Phi) is 10.7. The van der Waals surface area contributed by atoms with E-state index in [-0.39, 0.29) is 17.0 Å². The van der Waals surface area contributed by atoms with Gasteiger partial charge in [-0.2, -0.15) is 0 Å². The van der Waals surface area contributed by atoms with Crippen molar-refractivity contribution in [3.05, 3.63) is 0 Å². The van der Waals surface area contributed by atoms with Crippen molar-refractivity contribution in [1.29, 1.82) is 0 Å². The van der Waals surface area contributed by atoms with Crippen LogP contribution in [0.15, 0.2) is 0 Å². The van der Waals surface area contributed by atoms with Crippen molar-refractivity contribution in [2.45, 2.75) is 59.2 Å². The van der Waals surface area contributed by atoms with Crippen molar-refractivity contribution in [3.63, 3.8) is 0 Å². The van der Waals surface area contributed by atoms with Crippen LogP contribution in [0.2, 0.25) is 0 Å². The highest BCUT2D eigenvalue weighted by molar-refractivity contribution is 7.90. The van der Waals surface area contributed by atoms with E-state index in [1.165, 1.54) is 6.26 Å². The first-order valence-electron chi connectivity index (χ1n) is 6.71. The highest BCUT2D eigenvalue weighted by atomic mass is 32.2. The van der Waals surface area contributed by atoms with Gasteiger partial charge in [0.05, 0.1) is 17.0 Å². The summed E-state index contributed by atoms with van der Waals surface area (Å²) in [5, 5.41) is 0. The van der Waals surface area contributed by atoms with Gasteiger partial charge in [0.15, 0.2) is 0 Å². The minimum Gasteiger partial charge on any atom is -0.376 e. The van der Waals surface area contributed by atoms with Gasteiger partial charge in [0.2, 0.25) is 0 Å². The largest absolute Gasteiger partial charge is 0.376 e. The average Bonchev–Trinajstić information content (AvgIpc) is 2.19. The molecule has 0 unspecified atom stereocenters. The smallest absolute Gasteiger partial charge is 0.147 e. The lowest BCUT2D eigenvalue weighted by Gasteiger charge is -2.19. The minimum atomic E-state index is -2.82. The maximum Gasteiger partial charge on any atom is 0.147 e. The maximum absolute atomic E-state index is 10.7. The summed E-state index contributed by atoms with van der Waals surface area (Å²) in [6.45, 7) is 12.7. The van der Waals surface area contributed by atoms with Crippen LogP contribution in [-0.2, 0) is 24.0 Å². The second-order valence-electron chi connectivity index (χ2n) is 6.61. The summed E-state index contributed by atoms with van der Waals surface area (Å²) in [4.78, 5) is 0. The molecule has 0 atom stereocenters. The fraction of sp³-hybridized carbons (Fsp3) is 1.00. The third-order valence-corrected chi connectivity index (χ3v) is 2.83. The summed E-state index contributed by atoms with van der Waals surface area (Å²) in [5.41, 5.74) is -0.243. The Labute approximate surface area is 124 Å². The van der Waals surface area contributed by atoms with Crippen molar-refractivity contribution in [3.8, 4) is 0 Å². The van der Waals surface area contributed by atoms with Crippen LogP contribution in [0.3, 0.4) is 0 Å². The van der Waals surface area contributed by atoms with E-state index >= 15 is 0 Å². The zero-order valence-electron chi connectivity index (χ0n) is 14.3. The summed E-state index contributed by atoms with van der Waals surface area (Å²) in [6.07, 6.45) is 1.82. The monoisotopic (exact) mass is 312 g/mol. The van der Waals surface area contributed by atoms with E-state index < -0.39 is 9.84 Å². The van der Waals surface area contributed by atoms with E-state index in [9.17, 15) is 8.42 Å². The molecule has 0 heterocycles. The third kappa shape index (κ3) is 26.4. The molecule has 0 amide bonds. The number of methoxy groups -OCH3 is 1. The third-order valence-electron chi connectivity index (χ3n) is 1.80. The van der Waals surface area contributed by atoms with Gasteiger partial charge in [-0.25, -0.2) is 8.42 Å². The predicted molar refractivity (Wildman–Crippen MR) is 82.7 cm³/mol. The van der Waals surface area contributed by atoms with Crippen molar-refractivity contribution < 1.29 is 22.6 Å². The molecule has 0 N–H and O–H groups in total. The molecule has 124 valence electrons. The Morgan fingerprint density at radius 2 is 1.35 bits per heavy atom. The first-order chi connectivity index (χ1) is 8.77. The average molecular weight is 312 g/mol. The second-order valence-corrected chi connectivity index (χ2v) is 8.87. The lowest BCUT2D eigenvalue weighted by Crippen LogP contribution is -2.20. The normalized spacial score (nSPS) is 12.8. The van der Waals surface area contributed by atoms with E-state index in [2.05, 4.69) is 0 Å². The molecule has 5 nitrogen and oxygen atoms in total. The topological polar surface area (TPSA) is 61.8 Å². The molecule has 0 aliphatic rings. The van der Waals surface area contributed by atoms with Gasteiger partial charge in [0, 0.05) is 20.0 Å². The Hall–Kier alpha value is -0.170. The molecule has 6 heteroatoms. The molecular formula is C14H32O5S. The van der Waals surface area contributed by atoms with Gasteiger partial charge in [-0.15, -0.1) is 0 Å². The lowest BCUT2D eigenvalue weighted by atomic mass is 10.2. The summed E-state index contributed by atoms with van der Waals surface area (Å²) in [5.74, 6) is 0.211. The molecule has 0 aromatic carbocycles.